The van der Waals surface area contributed by atoms with Crippen molar-refractivity contribution in [2.75, 3.05) is 6.54 Å². The molecule has 1 saturated heterocycles. The Labute approximate surface area is 44.8 Å². The van der Waals surface area contributed by atoms with Crippen LogP contribution in [0.3, 0.4) is 0 Å². The number of halogens is 1. The Morgan fingerprint density at radius 3 is 2.33 bits per heavy atom. The largest absolute Gasteiger partial charge is 0.784 e. The quantitative estimate of drug-likeness (QED) is 0.380. The van der Waals surface area contributed by atoms with Gasteiger partial charge in [-0.3, -0.25) is 0 Å². The highest BCUT2D eigenvalue weighted by Crippen LogP contribution is 2.19. The van der Waals surface area contributed by atoms with Crippen LogP contribution in [0.15, 0.2) is 0 Å². The maximum absolute atomic E-state index is 10.1. The molecule has 0 aromatic rings. The summed E-state index contributed by atoms with van der Waals surface area (Å²) in [5.41, 5.74) is 0. The van der Waals surface area contributed by atoms with Crippen LogP contribution in [-0.2, 0) is 0 Å². The predicted molar refractivity (Wildman–Crippen MR) is 27.4 cm³/mol. The highest BCUT2D eigenvalue weighted by atomic mass is 79.9. The molecular weight excluding hydrogens is 146 g/mol. The van der Waals surface area contributed by atoms with Crippen LogP contribution < -0.4 is 0 Å². The zero-order valence-electron chi connectivity index (χ0n) is 3.22. The maximum atomic E-state index is 10.1. The average Bonchev–Trinajstić information content (AvgIpc) is 1.61. The maximum Gasteiger partial charge on any atom is 0.0554 e. The summed E-state index contributed by atoms with van der Waals surface area (Å²) >= 11 is 3.14. The van der Waals surface area contributed by atoms with Crippen LogP contribution >= 0.6 is 15.9 Å². The van der Waals surface area contributed by atoms with Crippen molar-refractivity contribution in [3.05, 3.63) is 5.21 Å². The van der Waals surface area contributed by atoms with Gasteiger partial charge in [0.05, 0.1) is 4.95 Å². The monoisotopic (exact) mass is 150 g/mol. The number of hydroxylamine groups is 2. The highest BCUT2D eigenvalue weighted by molar-refractivity contribution is 9.09. The molecule has 1 rings (SSSR count). The molecule has 0 radical (unpaired) electrons. The molecule has 0 N–H and O–H groups in total. The molecular formula is C3H5BrNO-. The third kappa shape index (κ3) is 0.576. The average molecular weight is 151 g/mol. The standard InChI is InChI=1S/C3H5BrNO/c4-3-1-2-5(3)6/h3H,1-2H2/q-1. The molecule has 1 atom stereocenters. The lowest BCUT2D eigenvalue weighted by molar-refractivity contribution is 0.239. The van der Waals surface area contributed by atoms with Crippen molar-refractivity contribution in [2.24, 2.45) is 0 Å². The Balaban J connectivity index is 2.20. The number of hydrogen-bond donors (Lipinski definition) is 0. The number of alkyl halides is 1. The second-order valence-electron chi connectivity index (χ2n) is 1.36. The molecule has 1 unspecified atom stereocenters. The van der Waals surface area contributed by atoms with Crippen molar-refractivity contribution < 1.29 is 0 Å². The van der Waals surface area contributed by atoms with Crippen LogP contribution in [0.1, 0.15) is 6.42 Å². The summed E-state index contributed by atoms with van der Waals surface area (Å²) in [5.74, 6) is 0. The smallest absolute Gasteiger partial charge is 0.0554 e. The zero-order chi connectivity index (χ0) is 4.57. The van der Waals surface area contributed by atoms with Gasteiger partial charge in [-0.05, 0) is 13.0 Å². The molecule has 0 aromatic heterocycles. The fourth-order valence-electron chi connectivity index (χ4n) is 0.332. The highest BCUT2D eigenvalue weighted by Gasteiger charge is 2.14. The summed E-state index contributed by atoms with van der Waals surface area (Å²) in [6.07, 6.45) is 1.00. The van der Waals surface area contributed by atoms with Crippen molar-refractivity contribution in [1.82, 2.24) is 5.06 Å². The Hall–Kier alpha value is 0.400. The fourth-order valence-corrected chi connectivity index (χ4v) is 0.742. The first kappa shape index (κ1) is 4.56. The first-order valence-corrected chi connectivity index (χ1v) is 2.80. The second kappa shape index (κ2) is 1.48. The SMILES string of the molecule is [O-]N1CCC1Br. The minimum Gasteiger partial charge on any atom is -0.784 e. The first-order chi connectivity index (χ1) is 2.80. The van der Waals surface area contributed by atoms with Gasteiger partial charge in [-0.25, -0.2) is 0 Å². The van der Waals surface area contributed by atoms with Gasteiger partial charge in [0.2, 0.25) is 0 Å². The Morgan fingerprint density at radius 1 is 1.83 bits per heavy atom. The molecule has 0 spiro atoms. The van der Waals surface area contributed by atoms with E-state index in [0.717, 1.165) is 11.5 Å². The molecule has 6 heavy (non-hydrogen) atoms. The first-order valence-electron chi connectivity index (χ1n) is 1.88. The van der Waals surface area contributed by atoms with Crippen LogP contribution in [-0.4, -0.2) is 16.6 Å². The lowest BCUT2D eigenvalue weighted by Crippen LogP contribution is -2.38. The topological polar surface area (TPSA) is 26.3 Å². The molecule has 1 heterocycles. The molecule has 0 bridgehead atoms. The van der Waals surface area contributed by atoms with Crippen molar-refractivity contribution in [3.8, 4) is 0 Å². The van der Waals surface area contributed by atoms with Gasteiger partial charge in [-0.1, -0.05) is 15.9 Å². The van der Waals surface area contributed by atoms with Crippen molar-refractivity contribution in [3.63, 3.8) is 0 Å². The summed E-state index contributed by atoms with van der Waals surface area (Å²) < 4.78 is 0. The zero-order valence-corrected chi connectivity index (χ0v) is 4.81. The molecule has 36 valence electrons. The number of nitrogens with zero attached hydrogens (tertiary/aromatic N) is 1. The summed E-state index contributed by atoms with van der Waals surface area (Å²) in [5, 5.41) is 11.1. The van der Waals surface area contributed by atoms with Crippen molar-refractivity contribution >= 4 is 15.9 Å². The van der Waals surface area contributed by atoms with E-state index in [1.54, 1.807) is 0 Å². The van der Waals surface area contributed by atoms with Crippen LogP contribution in [0.4, 0.5) is 0 Å². The molecule has 3 heteroatoms. The van der Waals surface area contributed by atoms with Gasteiger partial charge in [-0.15, -0.1) is 0 Å². The summed E-state index contributed by atoms with van der Waals surface area (Å²) in [4.78, 5) is 0.123. The van der Waals surface area contributed by atoms with Gasteiger partial charge >= 0.3 is 0 Å². The van der Waals surface area contributed by atoms with Gasteiger partial charge in [-0.2, -0.15) is 0 Å². The Kier molecular flexibility index (Phi) is 1.13. The van der Waals surface area contributed by atoms with Crippen molar-refractivity contribution in [1.29, 1.82) is 0 Å². The van der Waals surface area contributed by atoms with Crippen LogP contribution in [0.25, 0.3) is 0 Å². The van der Waals surface area contributed by atoms with E-state index in [4.69, 9.17) is 0 Å². The normalized spacial score (nSPS) is 36.0. The van der Waals surface area contributed by atoms with Crippen molar-refractivity contribution in [2.45, 2.75) is 11.4 Å². The van der Waals surface area contributed by atoms with Crippen LogP contribution in [0.5, 0.6) is 0 Å². The van der Waals surface area contributed by atoms with Gasteiger partial charge in [0.15, 0.2) is 0 Å². The third-order valence-electron chi connectivity index (χ3n) is 0.900. The van der Waals surface area contributed by atoms with E-state index in [-0.39, 0.29) is 4.95 Å². The summed E-state index contributed by atoms with van der Waals surface area (Å²) in [6.45, 7) is 0.704. The molecule has 0 aromatic carbocycles. The van der Waals surface area contributed by atoms with E-state index in [2.05, 4.69) is 15.9 Å². The number of hydrogen-bond acceptors (Lipinski definition) is 2. The summed E-state index contributed by atoms with van der Waals surface area (Å²) in [7, 11) is 0. The minimum atomic E-state index is 0.123. The van der Waals surface area contributed by atoms with E-state index in [0.29, 0.717) is 6.54 Å². The van der Waals surface area contributed by atoms with Gasteiger partial charge in [0.1, 0.15) is 0 Å². The minimum absolute atomic E-state index is 0.123. The van der Waals surface area contributed by atoms with Gasteiger partial charge in [0.25, 0.3) is 0 Å². The molecule has 0 aliphatic carbocycles. The molecule has 0 saturated carbocycles. The van der Waals surface area contributed by atoms with Gasteiger partial charge in [0, 0.05) is 0 Å². The third-order valence-corrected chi connectivity index (χ3v) is 1.81. The lowest BCUT2D eigenvalue weighted by atomic mass is 10.3. The van der Waals surface area contributed by atoms with E-state index < -0.39 is 0 Å². The lowest BCUT2D eigenvalue weighted by Gasteiger charge is -2.42. The van der Waals surface area contributed by atoms with E-state index in [1.165, 1.54) is 0 Å². The Bertz CT molecular complexity index is 50.8. The predicted octanol–water partition coefficient (Wildman–Crippen LogP) is 0.911. The molecule has 2 nitrogen and oxygen atoms in total. The molecule has 0 amide bonds. The summed E-state index contributed by atoms with van der Waals surface area (Å²) in [6, 6.07) is 0. The van der Waals surface area contributed by atoms with E-state index in [9.17, 15) is 5.21 Å². The van der Waals surface area contributed by atoms with Crippen LogP contribution in [0.2, 0.25) is 0 Å². The van der Waals surface area contributed by atoms with E-state index in [1.807, 2.05) is 0 Å². The second-order valence-corrected chi connectivity index (χ2v) is 2.42. The molecule has 1 aliphatic rings. The fraction of sp³-hybridized carbons (Fsp3) is 1.00. The van der Waals surface area contributed by atoms with Crippen LogP contribution in [0, 0.1) is 5.21 Å². The molecule has 1 fully saturated rings. The number of rotatable bonds is 0. The Morgan fingerprint density at radius 2 is 2.33 bits per heavy atom. The van der Waals surface area contributed by atoms with E-state index >= 15 is 0 Å². The van der Waals surface area contributed by atoms with Gasteiger partial charge < -0.3 is 10.3 Å². The molecule has 1 aliphatic heterocycles.